The van der Waals surface area contributed by atoms with Crippen LogP contribution in [0.2, 0.25) is 0 Å². The molecule has 0 amide bonds. The Morgan fingerprint density at radius 3 is 2.95 bits per heavy atom. The number of benzene rings is 1. The Labute approximate surface area is 131 Å². The second-order valence-electron chi connectivity index (χ2n) is 6.64. The van der Waals surface area contributed by atoms with Crippen LogP contribution in [0.25, 0.3) is 0 Å². The minimum absolute atomic E-state index is 0.00269. The van der Waals surface area contributed by atoms with Gasteiger partial charge in [0.15, 0.2) is 5.95 Å². The lowest BCUT2D eigenvalue weighted by molar-refractivity contribution is 0.0739. The van der Waals surface area contributed by atoms with Crippen molar-refractivity contribution in [1.29, 1.82) is 0 Å². The monoisotopic (exact) mass is 299 g/mol. The number of halogens is 1. The molecule has 1 aromatic rings. The summed E-state index contributed by atoms with van der Waals surface area (Å²) in [4.78, 5) is 0. The van der Waals surface area contributed by atoms with Crippen molar-refractivity contribution < 1.29 is 9.13 Å². The summed E-state index contributed by atoms with van der Waals surface area (Å²) in [6.45, 7) is 2.80. The molecule has 3 aliphatic rings. The van der Waals surface area contributed by atoms with E-state index in [1.807, 2.05) is 0 Å². The minimum Gasteiger partial charge on any atom is -0.370 e. The zero-order valence-corrected chi connectivity index (χ0v) is 12.9. The summed E-state index contributed by atoms with van der Waals surface area (Å²) in [5.74, 6) is 0.124. The van der Waals surface area contributed by atoms with E-state index in [-0.39, 0.29) is 18.2 Å². The number of nitrogens with one attached hydrogen (secondary N) is 1. The molecule has 1 N–H and O–H groups in total. The largest absolute Gasteiger partial charge is 0.370 e. The molecule has 0 radical (unpaired) electrons. The lowest BCUT2D eigenvalue weighted by Crippen LogP contribution is -2.21. The van der Waals surface area contributed by atoms with Crippen molar-refractivity contribution in [3.05, 3.63) is 58.6 Å². The molecule has 22 heavy (non-hydrogen) atoms. The van der Waals surface area contributed by atoms with Crippen molar-refractivity contribution in [2.45, 2.75) is 50.7 Å². The fourth-order valence-corrected chi connectivity index (χ4v) is 4.19. The van der Waals surface area contributed by atoms with E-state index in [0.717, 1.165) is 31.3 Å². The van der Waals surface area contributed by atoms with Crippen molar-refractivity contribution in [2.24, 2.45) is 0 Å². The Morgan fingerprint density at radius 1 is 1.18 bits per heavy atom. The molecule has 0 bridgehead atoms. The molecule has 0 saturated carbocycles. The van der Waals surface area contributed by atoms with Crippen molar-refractivity contribution in [3.63, 3.8) is 0 Å². The Kier molecular flexibility index (Phi) is 3.53. The predicted molar refractivity (Wildman–Crippen MR) is 85.3 cm³/mol. The molecule has 2 heterocycles. The molecular formula is C19H22FNO. The number of hydrogen-bond acceptors (Lipinski definition) is 2. The molecule has 0 spiro atoms. The third-order valence-corrected chi connectivity index (χ3v) is 5.20. The molecule has 1 unspecified atom stereocenters. The molecule has 3 atom stereocenters. The molecule has 1 aliphatic carbocycles. The van der Waals surface area contributed by atoms with E-state index in [1.165, 1.54) is 16.7 Å². The lowest BCUT2D eigenvalue weighted by atomic mass is 9.79. The van der Waals surface area contributed by atoms with Gasteiger partial charge in [0.2, 0.25) is 0 Å². The van der Waals surface area contributed by atoms with Crippen LogP contribution in [-0.4, -0.2) is 18.8 Å². The highest BCUT2D eigenvalue weighted by Crippen LogP contribution is 2.44. The maximum absolute atomic E-state index is 14.0. The van der Waals surface area contributed by atoms with Gasteiger partial charge in [0.25, 0.3) is 0 Å². The first-order valence-electron chi connectivity index (χ1n) is 8.28. The number of rotatable bonds is 0. The summed E-state index contributed by atoms with van der Waals surface area (Å²) < 4.78 is 20.2. The van der Waals surface area contributed by atoms with Gasteiger partial charge in [0.1, 0.15) is 0 Å². The van der Waals surface area contributed by atoms with Crippen molar-refractivity contribution in [2.75, 3.05) is 6.54 Å². The van der Waals surface area contributed by atoms with Gasteiger partial charge >= 0.3 is 0 Å². The van der Waals surface area contributed by atoms with Gasteiger partial charge in [-0.3, -0.25) is 0 Å². The highest BCUT2D eigenvalue weighted by molar-refractivity contribution is 5.43. The van der Waals surface area contributed by atoms with E-state index < -0.39 is 0 Å². The molecule has 1 aromatic carbocycles. The third-order valence-electron chi connectivity index (χ3n) is 5.20. The van der Waals surface area contributed by atoms with Gasteiger partial charge in [-0.2, -0.15) is 4.39 Å². The van der Waals surface area contributed by atoms with Gasteiger partial charge in [-0.05, 0) is 55.4 Å². The van der Waals surface area contributed by atoms with Crippen LogP contribution in [0.15, 0.2) is 47.4 Å². The summed E-state index contributed by atoms with van der Waals surface area (Å²) in [5, 5.41) is 2.85. The Morgan fingerprint density at radius 2 is 2.05 bits per heavy atom. The van der Waals surface area contributed by atoms with Gasteiger partial charge < -0.3 is 10.1 Å². The molecule has 2 aliphatic heterocycles. The maximum Gasteiger partial charge on any atom is 0.187 e. The molecule has 4 rings (SSSR count). The standard InChI is InChI=1S/C19H22FNO/c1-12-10-17-15-5-3-2-4-13(15)6-7-14-8-9-21-18(20)11-16(14)19(17)22-12/h2-5,11-12,17,19,21H,6-10H2,1H3/t12-,17-,19?/m0/s1. The van der Waals surface area contributed by atoms with Gasteiger partial charge in [-0.25, -0.2) is 0 Å². The van der Waals surface area contributed by atoms with Crippen LogP contribution in [-0.2, 0) is 11.2 Å². The van der Waals surface area contributed by atoms with Crippen LogP contribution in [0, 0.1) is 0 Å². The fourth-order valence-electron chi connectivity index (χ4n) is 4.19. The zero-order valence-electron chi connectivity index (χ0n) is 12.9. The average Bonchev–Trinajstić information content (AvgIpc) is 2.78. The lowest BCUT2D eigenvalue weighted by Gasteiger charge is -2.27. The highest BCUT2D eigenvalue weighted by Gasteiger charge is 2.39. The first kappa shape index (κ1) is 14.0. The molecule has 1 fully saturated rings. The maximum atomic E-state index is 14.0. The summed E-state index contributed by atoms with van der Waals surface area (Å²) in [7, 11) is 0. The van der Waals surface area contributed by atoms with Crippen LogP contribution in [0.4, 0.5) is 4.39 Å². The van der Waals surface area contributed by atoms with E-state index in [0.29, 0.717) is 12.5 Å². The average molecular weight is 299 g/mol. The molecule has 2 nitrogen and oxygen atoms in total. The van der Waals surface area contributed by atoms with Crippen molar-refractivity contribution in [1.82, 2.24) is 5.32 Å². The van der Waals surface area contributed by atoms with E-state index in [2.05, 4.69) is 36.5 Å². The first-order chi connectivity index (χ1) is 10.7. The smallest absolute Gasteiger partial charge is 0.187 e. The minimum atomic E-state index is -0.222. The number of fused-ring (bicyclic) bond motifs is 4. The van der Waals surface area contributed by atoms with Crippen molar-refractivity contribution >= 4 is 0 Å². The Bertz CT molecular complexity index is 649. The summed E-state index contributed by atoms with van der Waals surface area (Å²) >= 11 is 0. The highest BCUT2D eigenvalue weighted by atomic mass is 19.1. The van der Waals surface area contributed by atoms with Gasteiger partial charge in [-0.15, -0.1) is 0 Å². The zero-order chi connectivity index (χ0) is 15.1. The van der Waals surface area contributed by atoms with Crippen LogP contribution in [0.3, 0.4) is 0 Å². The predicted octanol–water partition coefficient (Wildman–Crippen LogP) is 3.99. The number of ether oxygens (including phenoxy) is 1. The van der Waals surface area contributed by atoms with E-state index in [4.69, 9.17) is 4.74 Å². The second-order valence-corrected chi connectivity index (χ2v) is 6.64. The summed E-state index contributed by atoms with van der Waals surface area (Å²) in [5.41, 5.74) is 5.28. The second kappa shape index (κ2) is 5.54. The topological polar surface area (TPSA) is 21.3 Å². The summed E-state index contributed by atoms with van der Waals surface area (Å²) in [6, 6.07) is 8.71. The van der Waals surface area contributed by atoms with E-state index in [1.54, 1.807) is 6.08 Å². The normalized spacial score (nSPS) is 31.0. The number of hydrogen-bond donors (Lipinski definition) is 1. The molecule has 116 valence electrons. The number of aryl methyl sites for hydroxylation is 1. The van der Waals surface area contributed by atoms with Crippen LogP contribution >= 0.6 is 0 Å². The Balaban J connectivity index is 1.84. The van der Waals surface area contributed by atoms with Crippen molar-refractivity contribution in [3.8, 4) is 0 Å². The fraction of sp³-hybridized carbons (Fsp3) is 0.474. The van der Waals surface area contributed by atoms with Crippen LogP contribution in [0.1, 0.15) is 43.2 Å². The van der Waals surface area contributed by atoms with E-state index >= 15 is 0 Å². The van der Waals surface area contributed by atoms with Gasteiger partial charge in [-0.1, -0.05) is 29.8 Å². The molecular weight excluding hydrogens is 277 g/mol. The quantitative estimate of drug-likeness (QED) is 0.731. The summed E-state index contributed by atoms with van der Waals surface area (Å²) in [6.07, 6.45) is 5.87. The molecule has 0 aromatic heterocycles. The van der Waals surface area contributed by atoms with E-state index in [9.17, 15) is 4.39 Å². The SMILES string of the molecule is C[C@H]1C[C@H]2c3ccccc3CCC3=C(C=C(F)NCC3)C2O1. The molecule has 3 heteroatoms. The van der Waals surface area contributed by atoms with Crippen LogP contribution in [0.5, 0.6) is 0 Å². The first-order valence-corrected chi connectivity index (χ1v) is 8.28. The Hall–Kier alpha value is -1.61. The van der Waals surface area contributed by atoms with Crippen LogP contribution < -0.4 is 5.32 Å². The third kappa shape index (κ3) is 2.38. The van der Waals surface area contributed by atoms with Gasteiger partial charge in [0.05, 0.1) is 12.2 Å². The molecule has 1 saturated heterocycles. The van der Waals surface area contributed by atoms with Gasteiger partial charge in [0, 0.05) is 12.5 Å².